The van der Waals surface area contributed by atoms with Gasteiger partial charge in [-0.15, -0.1) is 0 Å². The molecule has 2 aliphatic carbocycles. The standard InChI is InChI=1S/C21H29F5S/c1-2-3-16-4-6-17(7-5-16)18-8-10-19(11-9-18)20-12-14-21(15-13-20)27(22,23,24,25)26/h10,12-18H,2-9,11H2,1H3/t16-,17-,18?. The highest BCUT2D eigenvalue weighted by Gasteiger charge is 2.65. The van der Waals surface area contributed by atoms with E-state index >= 15 is 0 Å². The molecular weight excluding hydrogens is 379 g/mol. The molecule has 0 radical (unpaired) electrons. The van der Waals surface area contributed by atoms with Gasteiger partial charge in [0.15, 0.2) is 0 Å². The third-order valence-electron chi connectivity index (χ3n) is 6.38. The van der Waals surface area contributed by atoms with Gasteiger partial charge >= 0.3 is 10.2 Å². The van der Waals surface area contributed by atoms with Gasteiger partial charge in [-0.2, -0.15) is 0 Å². The number of rotatable bonds is 5. The summed E-state index contributed by atoms with van der Waals surface area (Å²) in [5.74, 6) is 2.29. The third-order valence-corrected chi connectivity index (χ3v) is 7.54. The lowest BCUT2D eigenvalue weighted by Gasteiger charge is -2.40. The SMILES string of the molecule is CCC[C@H]1CC[C@H](C2CC=C(c3ccc(S(F)(F)(F)(F)F)cc3)CC2)CC1. The fourth-order valence-corrected chi connectivity index (χ4v) is 5.48. The zero-order chi connectivity index (χ0) is 19.8. The molecule has 1 aromatic rings. The van der Waals surface area contributed by atoms with Crippen molar-refractivity contribution in [3.8, 4) is 0 Å². The van der Waals surface area contributed by atoms with E-state index in [0.717, 1.165) is 36.7 Å². The summed E-state index contributed by atoms with van der Waals surface area (Å²) in [5.41, 5.74) is 1.62. The molecule has 2 aliphatic rings. The van der Waals surface area contributed by atoms with Gasteiger partial charge in [0, 0.05) is 0 Å². The quantitative estimate of drug-likeness (QED) is 0.426. The number of benzene rings is 1. The molecule has 0 bridgehead atoms. The van der Waals surface area contributed by atoms with Crippen LogP contribution in [0.2, 0.25) is 0 Å². The summed E-state index contributed by atoms with van der Waals surface area (Å²) in [4.78, 5) is -1.81. The molecule has 0 aromatic heterocycles. The predicted molar refractivity (Wildman–Crippen MR) is 104 cm³/mol. The Labute approximate surface area is 159 Å². The Kier molecular flexibility index (Phi) is 5.20. The van der Waals surface area contributed by atoms with E-state index in [9.17, 15) is 19.4 Å². The summed E-state index contributed by atoms with van der Waals surface area (Å²) in [6, 6.07) is 3.43. The van der Waals surface area contributed by atoms with E-state index in [2.05, 4.69) is 13.0 Å². The molecule has 0 saturated heterocycles. The smallest absolute Gasteiger partial charge is 0.0936 e. The molecule has 0 N–H and O–H groups in total. The minimum absolute atomic E-state index is 0.527. The maximum absolute atomic E-state index is 12.8. The molecule has 6 heteroatoms. The van der Waals surface area contributed by atoms with Crippen LogP contribution >= 0.6 is 10.2 Å². The van der Waals surface area contributed by atoms with Crippen molar-refractivity contribution in [1.29, 1.82) is 0 Å². The number of hydrogen-bond acceptors (Lipinski definition) is 0. The minimum Gasteiger partial charge on any atom is -0.0936 e. The topological polar surface area (TPSA) is 0 Å². The average molecular weight is 409 g/mol. The summed E-state index contributed by atoms with van der Waals surface area (Å²) >= 11 is 0. The Balaban J connectivity index is 1.61. The lowest BCUT2D eigenvalue weighted by Crippen LogP contribution is -2.23. The molecule has 1 aromatic carbocycles. The largest absolute Gasteiger partial charge is 0.310 e. The maximum atomic E-state index is 12.8. The van der Waals surface area contributed by atoms with Crippen molar-refractivity contribution in [3.63, 3.8) is 0 Å². The van der Waals surface area contributed by atoms with Gasteiger partial charge in [0.25, 0.3) is 0 Å². The van der Waals surface area contributed by atoms with E-state index in [1.165, 1.54) is 50.7 Å². The molecule has 0 heterocycles. The van der Waals surface area contributed by atoms with Gasteiger partial charge in [-0.3, -0.25) is 0 Å². The van der Waals surface area contributed by atoms with Crippen molar-refractivity contribution >= 4 is 15.8 Å². The Morgan fingerprint density at radius 2 is 1.48 bits per heavy atom. The zero-order valence-electron chi connectivity index (χ0n) is 15.8. The second-order valence-electron chi connectivity index (χ2n) is 8.33. The molecule has 0 aliphatic heterocycles. The lowest BCUT2D eigenvalue weighted by atomic mass is 9.70. The van der Waals surface area contributed by atoms with Crippen LogP contribution in [-0.2, 0) is 0 Å². The molecule has 0 nitrogen and oxygen atoms in total. The lowest BCUT2D eigenvalue weighted by molar-refractivity contribution is 0.189. The summed E-state index contributed by atoms with van der Waals surface area (Å²) < 4.78 is 64.2. The van der Waals surface area contributed by atoms with Gasteiger partial charge in [0.2, 0.25) is 0 Å². The Morgan fingerprint density at radius 1 is 0.852 bits per heavy atom. The predicted octanol–water partition coefficient (Wildman–Crippen LogP) is 9.13. The summed E-state index contributed by atoms with van der Waals surface area (Å²) in [7, 11) is -9.58. The molecule has 1 fully saturated rings. The number of hydrogen-bond donors (Lipinski definition) is 0. The van der Waals surface area contributed by atoms with Crippen LogP contribution in [0.15, 0.2) is 35.2 Å². The first kappa shape index (κ1) is 20.7. The molecule has 154 valence electrons. The first-order valence-corrected chi connectivity index (χ1v) is 11.9. The van der Waals surface area contributed by atoms with Crippen molar-refractivity contribution in [2.75, 3.05) is 0 Å². The van der Waals surface area contributed by atoms with Crippen LogP contribution in [0, 0.1) is 17.8 Å². The second-order valence-corrected chi connectivity index (χ2v) is 10.7. The van der Waals surface area contributed by atoms with E-state index in [0.29, 0.717) is 23.6 Å². The first-order valence-electron chi connectivity index (χ1n) is 10.00. The van der Waals surface area contributed by atoms with E-state index in [4.69, 9.17) is 0 Å². The monoisotopic (exact) mass is 408 g/mol. The van der Waals surface area contributed by atoms with Crippen LogP contribution in [-0.4, -0.2) is 0 Å². The number of allylic oxidation sites excluding steroid dienone is 2. The Hall–Kier alpha value is -1.04. The molecule has 1 saturated carbocycles. The van der Waals surface area contributed by atoms with Crippen LogP contribution in [0.1, 0.15) is 70.3 Å². The van der Waals surface area contributed by atoms with Gasteiger partial charge in [0.05, 0.1) is 0 Å². The second kappa shape index (κ2) is 6.78. The van der Waals surface area contributed by atoms with E-state index in [1.54, 1.807) is 0 Å². The van der Waals surface area contributed by atoms with Crippen LogP contribution in [0.4, 0.5) is 19.4 Å². The van der Waals surface area contributed by atoms with Crippen LogP contribution in [0.25, 0.3) is 5.57 Å². The van der Waals surface area contributed by atoms with Crippen LogP contribution < -0.4 is 0 Å². The highest BCUT2D eigenvalue weighted by atomic mass is 32.5. The Morgan fingerprint density at radius 3 is 1.96 bits per heavy atom. The number of halogens is 5. The van der Waals surface area contributed by atoms with Crippen molar-refractivity contribution in [2.24, 2.45) is 17.8 Å². The van der Waals surface area contributed by atoms with Gasteiger partial charge in [-0.25, -0.2) is 0 Å². The summed E-state index contributed by atoms with van der Waals surface area (Å²) in [6.07, 6.45) is 12.7. The van der Waals surface area contributed by atoms with Crippen molar-refractivity contribution in [1.82, 2.24) is 0 Å². The summed E-state index contributed by atoms with van der Waals surface area (Å²) in [5, 5.41) is 0. The van der Waals surface area contributed by atoms with Gasteiger partial charge < -0.3 is 0 Å². The van der Waals surface area contributed by atoms with E-state index in [1.807, 2.05) is 0 Å². The molecule has 0 spiro atoms. The van der Waals surface area contributed by atoms with Crippen molar-refractivity contribution in [3.05, 3.63) is 35.9 Å². The van der Waals surface area contributed by atoms with Gasteiger partial charge in [0.1, 0.15) is 4.90 Å². The molecule has 1 unspecified atom stereocenters. The molecule has 3 rings (SSSR count). The molecule has 27 heavy (non-hydrogen) atoms. The van der Waals surface area contributed by atoms with Crippen molar-refractivity contribution < 1.29 is 19.4 Å². The Bertz CT molecular complexity index is 682. The van der Waals surface area contributed by atoms with Crippen LogP contribution in [0.3, 0.4) is 0 Å². The third kappa shape index (κ3) is 5.27. The fraction of sp³-hybridized carbons (Fsp3) is 0.619. The minimum atomic E-state index is -9.58. The van der Waals surface area contributed by atoms with E-state index in [-0.39, 0.29) is 0 Å². The molecule has 0 amide bonds. The van der Waals surface area contributed by atoms with Gasteiger partial charge in [-0.1, -0.05) is 70.2 Å². The molecule has 1 atom stereocenters. The normalized spacial score (nSPS) is 29.6. The van der Waals surface area contributed by atoms with E-state index < -0.39 is 15.1 Å². The summed E-state index contributed by atoms with van der Waals surface area (Å²) in [6.45, 7) is 2.24. The first-order chi connectivity index (χ1) is 12.5. The fourth-order valence-electron chi connectivity index (χ4n) is 4.83. The van der Waals surface area contributed by atoms with Crippen LogP contribution in [0.5, 0.6) is 0 Å². The van der Waals surface area contributed by atoms with Gasteiger partial charge in [-0.05, 0) is 73.1 Å². The van der Waals surface area contributed by atoms with Crippen molar-refractivity contribution in [2.45, 2.75) is 69.6 Å². The average Bonchev–Trinajstić information content (AvgIpc) is 2.61. The maximum Gasteiger partial charge on any atom is 0.310 e. The highest BCUT2D eigenvalue weighted by molar-refractivity contribution is 8.45. The highest BCUT2D eigenvalue weighted by Crippen LogP contribution is 3.02. The molecular formula is C21H29F5S. The zero-order valence-corrected chi connectivity index (χ0v) is 16.6.